The van der Waals surface area contributed by atoms with Gasteiger partial charge in [-0.05, 0) is 18.1 Å². The van der Waals surface area contributed by atoms with E-state index in [1.807, 2.05) is 6.20 Å². The number of hydrogen-bond donors (Lipinski definition) is 2. The van der Waals surface area contributed by atoms with Crippen LogP contribution in [0.3, 0.4) is 0 Å². The van der Waals surface area contributed by atoms with Crippen molar-refractivity contribution in [1.29, 1.82) is 0 Å². The van der Waals surface area contributed by atoms with E-state index in [2.05, 4.69) is 44.5 Å². The van der Waals surface area contributed by atoms with Crippen molar-refractivity contribution in [3.63, 3.8) is 0 Å². The van der Waals surface area contributed by atoms with Crippen LogP contribution in [0, 0.1) is 0 Å². The first-order valence-electron chi connectivity index (χ1n) is 7.65. The van der Waals surface area contributed by atoms with Gasteiger partial charge in [0, 0.05) is 50.6 Å². The van der Waals surface area contributed by atoms with Gasteiger partial charge in [0.05, 0.1) is 5.69 Å². The van der Waals surface area contributed by atoms with Crippen LogP contribution in [0.15, 0.2) is 18.3 Å². The van der Waals surface area contributed by atoms with Gasteiger partial charge in [-0.3, -0.25) is 19.8 Å². The van der Waals surface area contributed by atoms with Gasteiger partial charge in [-0.2, -0.15) is 5.10 Å². The molecule has 6 heteroatoms. The van der Waals surface area contributed by atoms with E-state index in [0.29, 0.717) is 5.69 Å². The standard InChI is InChI=1S/C16H21N5O/c1-3-11-4-5-12(18-8-11)9-21-7-6-14-13(10-21)15(20-19-14)16(22)17-2/h4-5,8H,3,6-7,9-10H2,1-2H3,(H,17,22)(H,19,20). The van der Waals surface area contributed by atoms with Crippen LogP contribution in [-0.4, -0.2) is 39.6 Å². The smallest absolute Gasteiger partial charge is 0.271 e. The fraction of sp³-hybridized carbons (Fsp3) is 0.438. The number of pyridine rings is 1. The van der Waals surface area contributed by atoms with Crippen LogP contribution >= 0.6 is 0 Å². The summed E-state index contributed by atoms with van der Waals surface area (Å²) in [6.07, 6.45) is 3.83. The van der Waals surface area contributed by atoms with Crippen molar-refractivity contribution in [3.8, 4) is 0 Å². The molecule has 22 heavy (non-hydrogen) atoms. The van der Waals surface area contributed by atoms with Crippen molar-refractivity contribution in [1.82, 2.24) is 25.4 Å². The fourth-order valence-corrected chi connectivity index (χ4v) is 2.78. The summed E-state index contributed by atoms with van der Waals surface area (Å²) in [7, 11) is 1.63. The number of nitrogens with one attached hydrogen (secondary N) is 2. The zero-order valence-electron chi connectivity index (χ0n) is 13.0. The SMILES string of the molecule is CCc1ccc(CN2CCc3[nH]nc(C(=O)NC)c3C2)nc1. The van der Waals surface area contributed by atoms with E-state index in [0.717, 1.165) is 49.4 Å². The van der Waals surface area contributed by atoms with E-state index in [4.69, 9.17) is 0 Å². The van der Waals surface area contributed by atoms with Crippen LogP contribution in [0.4, 0.5) is 0 Å². The molecule has 2 aromatic heterocycles. The minimum atomic E-state index is -0.134. The molecule has 0 unspecified atom stereocenters. The predicted octanol–water partition coefficient (Wildman–Crippen LogP) is 1.28. The van der Waals surface area contributed by atoms with Gasteiger partial charge in [-0.25, -0.2) is 0 Å². The second-order valence-corrected chi connectivity index (χ2v) is 5.58. The first-order chi connectivity index (χ1) is 10.7. The lowest BCUT2D eigenvalue weighted by Gasteiger charge is -2.26. The molecule has 6 nitrogen and oxygen atoms in total. The molecule has 2 aromatic rings. The summed E-state index contributed by atoms with van der Waals surface area (Å²) in [4.78, 5) is 18.7. The minimum Gasteiger partial charge on any atom is -0.354 e. The number of hydrogen-bond acceptors (Lipinski definition) is 4. The highest BCUT2D eigenvalue weighted by Crippen LogP contribution is 2.21. The van der Waals surface area contributed by atoms with E-state index >= 15 is 0 Å². The van der Waals surface area contributed by atoms with Crippen molar-refractivity contribution in [2.45, 2.75) is 32.9 Å². The Morgan fingerprint density at radius 3 is 3.00 bits per heavy atom. The number of aryl methyl sites for hydroxylation is 1. The van der Waals surface area contributed by atoms with Crippen LogP contribution in [0.5, 0.6) is 0 Å². The maximum atomic E-state index is 11.9. The van der Waals surface area contributed by atoms with E-state index < -0.39 is 0 Å². The van der Waals surface area contributed by atoms with E-state index in [9.17, 15) is 4.79 Å². The Hall–Kier alpha value is -2.21. The van der Waals surface area contributed by atoms with Gasteiger partial charge in [-0.15, -0.1) is 0 Å². The third-order valence-corrected chi connectivity index (χ3v) is 4.13. The van der Waals surface area contributed by atoms with Crippen molar-refractivity contribution < 1.29 is 4.79 Å². The van der Waals surface area contributed by atoms with Gasteiger partial charge in [0.2, 0.25) is 0 Å². The van der Waals surface area contributed by atoms with Crippen LogP contribution in [0.25, 0.3) is 0 Å². The highest BCUT2D eigenvalue weighted by Gasteiger charge is 2.25. The number of H-pyrrole nitrogens is 1. The molecule has 3 heterocycles. The lowest BCUT2D eigenvalue weighted by Crippen LogP contribution is -2.31. The third kappa shape index (κ3) is 2.87. The lowest BCUT2D eigenvalue weighted by atomic mass is 10.0. The molecule has 1 amide bonds. The molecular weight excluding hydrogens is 278 g/mol. The number of aromatic amines is 1. The molecule has 0 spiro atoms. The molecule has 0 aromatic carbocycles. The van der Waals surface area contributed by atoms with Crippen LogP contribution in [0.2, 0.25) is 0 Å². The molecule has 3 rings (SSSR count). The van der Waals surface area contributed by atoms with Crippen molar-refractivity contribution in [2.75, 3.05) is 13.6 Å². The Labute approximate surface area is 129 Å². The number of fused-ring (bicyclic) bond motifs is 1. The molecule has 0 atom stereocenters. The number of nitrogens with zero attached hydrogens (tertiary/aromatic N) is 3. The predicted molar refractivity (Wildman–Crippen MR) is 83.4 cm³/mol. The zero-order valence-corrected chi connectivity index (χ0v) is 13.0. The highest BCUT2D eigenvalue weighted by molar-refractivity contribution is 5.93. The second-order valence-electron chi connectivity index (χ2n) is 5.58. The number of aromatic nitrogens is 3. The molecule has 2 N–H and O–H groups in total. The van der Waals surface area contributed by atoms with Crippen LogP contribution < -0.4 is 5.32 Å². The number of carbonyl (C=O) groups is 1. The first kappa shape index (κ1) is 14.7. The normalized spacial score (nSPS) is 14.6. The van der Waals surface area contributed by atoms with Crippen molar-refractivity contribution >= 4 is 5.91 Å². The summed E-state index contributed by atoms with van der Waals surface area (Å²) in [5.74, 6) is -0.134. The summed E-state index contributed by atoms with van der Waals surface area (Å²) in [6, 6.07) is 4.22. The average Bonchev–Trinajstić information content (AvgIpc) is 2.98. The molecule has 0 saturated carbocycles. The van der Waals surface area contributed by atoms with Crippen LogP contribution in [-0.2, 0) is 25.9 Å². The van der Waals surface area contributed by atoms with E-state index in [1.165, 1.54) is 5.56 Å². The lowest BCUT2D eigenvalue weighted by molar-refractivity contribution is 0.0955. The maximum absolute atomic E-state index is 11.9. The van der Waals surface area contributed by atoms with Gasteiger partial charge in [0.15, 0.2) is 5.69 Å². The van der Waals surface area contributed by atoms with Gasteiger partial charge in [0.25, 0.3) is 5.91 Å². The summed E-state index contributed by atoms with van der Waals surface area (Å²) in [5.41, 5.74) is 4.91. The molecule has 0 fully saturated rings. The quantitative estimate of drug-likeness (QED) is 0.892. The third-order valence-electron chi connectivity index (χ3n) is 4.13. The summed E-state index contributed by atoms with van der Waals surface area (Å²) >= 11 is 0. The monoisotopic (exact) mass is 299 g/mol. The minimum absolute atomic E-state index is 0.134. The average molecular weight is 299 g/mol. The maximum Gasteiger partial charge on any atom is 0.271 e. The molecular formula is C16H21N5O. The fourth-order valence-electron chi connectivity index (χ4n) is 2.78. The Kier molecular flexibility index (Phi) is 4.20. The molecule has 0 bridgehead atoms. The Morgan fingerprint density at radius 1 is 1.45 bits per heavy atom. The Balaban J connectivity index is 1.73. The van der Waals surface area contributed by atoms with E-state index in [1.54, 1.807) is 7.05 Å². The highest BCUT2D eigenvalue weighted by atomic mass is 16.1. The van der Waals surface area contributed by atoms with Gasteiger partial charge in [0.1, 0.15) is 0 Å². The first-order valence-corrected chi connectivity index (χ1v) is 7.65. The summed E-state index contributed by atoms with van der Waals surface area (Å²) < 4.78 is 0. The molecule has 0 radical (unpaired) electrons. The Morgan fingerprint density at radius 2 is 2.32 bits per heavy atom. The summed E-state index contributed by atoms with van der Waals surface area (Å²) in [5, 5.41) is 9.78. The number of carbonyl (C=O) groups excluding carboxylic acids is 1. The summed E-state index contributed by atoms with van der Waals surface area (Å²) in [6.45, 7) is 4.59. The van der Waals surface area contributed by atoms with Crippen LogP contribution in [0.1, 0.15) is 39.9 Å². The van der Waals surface area contributed by atoms with Gasteiger partial charge >= 0.3 is 0 Å². The van der Waals surface area contributed by atoms with Crippen molar-refractivity contribution in [3.05, 3.63) is 46.5 Å². The van der Waals surface area contributed by atoms with E-state index in [-0.39, 0.29) is 5.91 Å². The molecule has 0 saturated heterocycles. The molecule has 116 valence electrons. The van der Waals surface area contributed by atoms with Gasteiger partial charge in [-0.1, -0.05) is 13.0 Å². The number of amides is 1. The topological polar surface area (TPSA) is 73.9 Å². The molecule has 0 aliphatic carbocycles. The molecule has 1 aliphatic heterocycles. The van der Waals surface area contributed by atoms with Crippen molar-refractivity contribution in [2.24, 2.45) is 0 Å². The zero-order chi connectivity index (χ0) is 15.5. The number of rotatable bonds is 4. The largest absolute Gasteiger partial charge is 0.354 e. The van der Waals surface area contributed by atoms with Gasteiger partial charge < -0.3 is 5.32 Å². The second kappa shape index (κ2) is 6.27. The Bertz CT molecular complexity index is 662. The molecule has 1 aliphatic rings.